The Kier molecular flexibility index (Phi) is 8.07. The van der Waals surface area contributed by atoms with Gasteiger partial charge in [0.05, 0.1) is 56.2 Å². The fourth-order valence-corrected chi connectivity index (χ4v) is 11.9. The minimum atomic E-state index is 0.796. The first kappa shape index (κ1) is 39.1. The number of fused-ring (bicyclic) bond motifs is 16. The highest BCUT2D eigenvalue weighted by atomic mass is 16.5. The van der Waals surface area contributed by atoms with Gasteiger partial charge < -0.3 is 28.4 Å². The van der Waals surface area contributed by atoms with Crippen molar-refractivity contribution in [2.45, 2.75) is 0 Å². The lowest BCUT2D eigenvalue weighted by Gasteiger charge is -2.34. The third-order valence-corrected chi connectivity index (χ3v) is 15.0. The summed E-state index contributed by atoms with van der Waals surface area (Å²) in [4.78, 5) is 4.72. The lowest BCUT2D eigenvalue weighted by Crippen LogP contribution is -2.16. The highest BCUT2D eigenvalue weighted by Crippen LogP contribution is 2.54. The SMILES string of the molecule is c1ccc2c(c1)Oc1cc(-n3c4ccccc4c4ccccc43)ccc1N2c1ccc2c3ccccc3c3ccc(N4c5ccccc5Oc5cc(-n6c7ccccc7c7ccccc76)ccc54)cc3c2c1. The number of rotatable bonds is 4. The molecule has 0 unspecified atom stereocenters. The molecular weight excluding hydrogens is 881 g/mol. The maximum Gasteiger partial charge on any atom is 0.153 e. The van der Waals surface area contributed by atoms with Crippen molar-refractivity contribution < 1.29 is 9.47 Å². The van der Waals surface area contributed by atoms with Gasteiger partial charge in [-0.1, -0.05) is 133 Å². The molecule has 2 aliphatic rings. The van der Waals surface area contributed by atoms with E-state index in [1.807, 2.05) is 12.1 Å². The van der Waals surface area contributed by atoms with Crippen molar-refractivity contribution in [2.75, 3.05) is 9.80 Å². The van der Waals surface area contributed by atoms with E-state index in [2.05, 4.69) is 249 Å². The van der Waals surface area contributed by atoms with Crippen molar-refractivity contribution in [1.29, 1.82) is 0 Å². The molecule has 12 aromatic carbocycles. The Morgan fingerprint density at radius 3 is 0.917 bits per heavy atom. The Bertz CT molecular complexity index is 4220. The van der Waals surface area contributed by atoms with Crippen LogP contribution in [0.15, 0.2) is 243 Å². The Labute approximate surface area is 413 Å². The maximum absolute atomic E-state index is 6.84. The molecule has 6 heteroatoms. The Balaban J connectivity index is 0.878. The highest BCUT2D eigenvalue weighted by Gasteiger charge is 2.30. The summed E-state index contributed by atoms with van der Waals surface area (Å²) in [7, 11) is 0. The van der Waals surface area contributed by atoms with Crippen LogP contribution in [0.4, 0.5) is 34.1 Å². The number of hydrogen-bond donors (Lipinski definition) is 0. The molecular formula is C66H40N4O2. The van der Waals surface area contributed by atoms with Gasteiger partial charge in [-0.3, -0.25) is 0 Å². The molecule has 72 heavy (non-hydrogen) atoms. The maximum atomic E-state index is 6.84. The number of ether oxygens (including phenoxy) is 2. The van der Waals surface area contributed by atoms with Gasteiger partial charge in [-0.25, -0.2) is 0 Å². The van der Waals surface area contributed by atoms with E-state index >= 15 is 0 Å². The van der Waals surface area contributed by atoms with Gasteiger partial charge in [0.1, 0.15) is 0 Å². The van der Waals surface area contributed by atoms with E-state index < -0.39 is 0 Å². The second-order valence-electron chi connectivity index (χ2n) is 18.9. The van der Waals surface area contributed by atoms with Crippen molar-refractivity contribution in [2.24, 2.45) is 0 Å². The Morgan fingerprint density at radius 1 is 0.208 bits per heavy atom. The lowest BCUT2D eigenvalue weighted by atomic mass is 9.93. The number of nitrogens with zero attached hydrogens (tertiary/aromatic N) is 4. The van der Waals surface area contributed by atoms with Crippen LogP contribution in [-0.4, -0.2) is 9.13 Å². The molecule has 0 N–H and O–H groups in total. The third-order valence-electron chi connectivity index (χ3n) is 15.0. The summed E-state index contributed by atoms with van der Waals surface area (Å²) in [6, 6.07) is 87.2. The molecule has 2 aromatic heterocycles. The topological polar surface area (TPSA) is 34.8 Å². The van der Waals surface area contributed by atoms with Crippen LogP contribution in [0.25, 0.3) is 87.3 Å². The molecule has 0 saturated carbocycles. The molecule has 0 fully saturated rings. The molecule has 2 aliphatic heterocycles. The van der Waals surface area contributed by atoms with Gasteiger partial charge in [0.25, 0.3) is 0 Å². The minimum absolute atomic E-state index is 0.796. The van der Waals surface area contributed by atoms with Crippen molar-refractivity contribution in [1.82, 2.24) is 9.13 Å². The van der Waals surface area contributed by atoms with Crippen LogP contribution in [0.5, 0.6) is 23.0 Å². The van der Waals surface area contributed by atoms with Crippen LogP contribution in [0.3, 0.4) is 0 Å². The summed E-state index contributed by atoms with van der Waals surface area (Å²) in [6.07, 6.45) is 0. The fourth-order valence-electron chi connectivity index (χ4n) is 11.9. The third kappa shape index (κ3) is 5.54. The minimum Gasteiger partial charge on any atom is -0.453 e. The predicted octanol–water partition coefficient (Wildman–Crippen LogP) is 18.5. The number of benzene rings is 12. The number of hydrogen-bond acceptors (Lipinski definition) is 4. The number of anilines is 6. The van der Waals surface area contributed by atoms with Gasteiger partial charge in [-0.15, -0.1) is 0 Å². The quantitative estimate of drug-likeness (QED) is 0.165. The van der Waals surface area contributed by atoms with E-state index in [0.717, 1.165) is 90.6 Å². The number of aromatic nitrogens is 2. The van der Waals surface area contributed by atoms with Gasteiger partial charge in [-0.2, -0.15) is 0 Å². The summed E-state index contributed by atoms with van der Waals surface area (Å²) in [5.74, 6) is 3.21. The van der Waals surface area contributed by atoms with Crippen LogP contribution in [0.2, 0.25) is 0 Å². The molecule has 14 aromatic rings. The average molecular weight is 921 g/mol. The smallest absolute Gasteiger partial charge is 0.153 e. The molecule has 16 rings (SSSR count). The summed E-state index contributed by atoms with van der Waals surface area (Å²) < 4.78 is 18.4. The van der Waals surface area contributed by atoms with E-state index in [0.29, 0.717) is 0 Å². The summed E-state index contributed by atoms with van der Waals surface area (Å²) in [6.45, 7) is 0. The fraction of sp³-hybridized carbons (Fsp3) is 0. The van der Waals surface area contributed by atoms with Gasteiger partial charge >= 0.3 is 0 Å². The first-order valence-corrected chi connectivity index (χ1v) is 24.5. The van der Waals surface area contributed by atoms with Gasteiger partial charge in [0, 0.05) is 45.1 Å². The highest BCUT2D eigenvalue weighted by molar-refractivity contribution is 6.26. The zero-order valence-electron chi connectivity index (χ0n) is 38.7. The van der Waals surface area contributed by atoms with Crippen molar-refractivity contribution >= 4 is 110 Å². The predicted molar refractivity (Wildman–Crippen MR) is 297 cm³/mol. The molecule has 0 radical (unpaired) electrons. The average Bonchev–Trinajstić information content (AvgIpc) is 3.96. The molecule has 0 amide bonds. The van der Waals surface area contributed by atoms with Crippen LogP contribution in [0.1, 0.15) is 0 Å². The standard InChI is InChI=1S/C66H40N4O2/c1-2-16-46-45(15-1)47-33-29-41(69-59-25-11-13-27-63(59)71-65-39-43(31-35-61(65)69)67-55-21-7-3-17-49(55)50-18-4-8-22-56(50)67)37-53(47)54-38-42(30-34-48(46)54)70-60-26-12-14-28-64(60)72-66-40-44(32-36-62(66)70)68-57-23-9-5-19-51(57)52-20-6-10-24-58(52)68/h1-40H. The molecule has 0 spiro atoms. The Morgan fingerprint density at radius 2 is 0.514 bits per heavy atom. The van der Waals surface area contributed by atoms with Gasteiger partial charge in [-0.05, 0) is 129 Å². The van der Waals surface area contributed by atoms with Crippen LogP contribution in [0, 0.1) is 0 Å². The van der Waals surface area contributed by atoms with Crippen LogP contribution in [-0.2, 0) is 0 Å². The second-order valence-corrected chi connectivity index (χ2v) is 18.9. The van der Waals surface area contributed by atoms with Crippen LogP contribution < -0.4 is 19.3 Å². The van der Waals surface area contributed by atoms with Crippen molar-refractivity contribution in [3.05, 3.63) is 243 Å². The van der Waals surface area contributed by atoms with Crippen LogP contribution >= 0.6 is 0 Å². The zero-order chi connectivity index (χ0) is 47.0. The molecule has 0 aliphatic carbocycles. The Hall–Kier alpha value is -9.78. The number of para-hydroxylation sites is 8. The van der Waals surface area contributed by atoms with Gasteiger partial charge in [0.15, 0.2) is 23.0 Å². The molecule has 0 bridgehead atoms. The van der Waals surface area contributed by atoms with E-state index in [9.17, 15) is 0 Å². The first-order valence-electron chi connectivity index (χ1n) is 24.5. The largest absolute Gasteiger partial charge is 0.453 e. The zero-order valence-corrected chi connectivity index (χ0v) is 38.7. The normalized spacial score (nSPS) is 12.9. The molecule has 0 saturated heterocycles. The molecule has 6 nitrogen and oxygen atoms in total. The van der Waals surface area contributed by atoms with E-state index in [-0.39, 0.29) is 0 Å². The summed E-state index contributed by atoms with van der Waals surface area (Å²) in [5.41, 5.74) is 12.8. The lowest BCUT2D eigenvalue weighted by molar-refractivity contribution is 0.476. The summed E-state index contributed by atoms with van der Waals surface area (Å²) in [5, 5.41) is 12.1. The van der Waals surface area contributed by atoms with Crippen molar-refractivity contribution in [3.63, 3.8) is 0 Å². The summed E-state index contributed by atoms with van der Waals surface area (Å²) >= 11 is 0. The van der Waals surface area contributed by atoms with Crippen molar-refractivity contribution in [3.8, 4) is 34.4 Å². The van der Waals surface area contributed by atoms with E-state index in [1.165, 1.54) is 53.9 Å². The molecule has 4 heterocycles. The molecule has 336 valence electrons. The second kappa shape index (κ2) is 14.9. The van der Waals surface area contributed by atoms with E-state index in [4.69, 9.17) is 9.47 Å². The first-order chi connectivity index (χ1) is 35.7. The molecule has 0 atom stereocenters. The van der Waals surface area contributed by atoms with Gasteiger partial charge in [0.2, 0.25) is 0 Å². The van der Waals surface area contributed by atoms with E-state index in [1.54, 1.807) is 0 Å². The monoisotopic (exact) mass is 920 g/mol.